The molecule has 1 aromatic rings. The Labute approximate surface area is 123 Å². The van der Waals surface area contributed by atoms with E-state index in [-0.39, 0.29) is 11.1 Å². The lowest BCUT2D eigenvalue weighted by molar-refractivity contribution is -0.0713. The normalized spacial score (nSPS) is 24.5. The third-order valence-electron chi connectivity index (χ3n) is 4.70. The van der Waals surface area contributed by atoms with Crippen molar-refractivity contribution in [3.63, 3.8) is 0 Å². The highest BCUT2D eigenvalue weighted by Gasteiger charge is 2.44. The first-order chi connectivity index (χ1) is 9.22. The molecule has 1 unspecified atom stereocenters. The van der Waals surface area contributed by atoms with Gasteiger partial charge >= 0.3 is 0 Å². The minimum Gasteiger partial charge on any atom is -0.387 e. The van der Waals surface area contributed by atoms with Gasteiger partial charge in [-0.25, -0.2) is 0 Å². The van der Waals surface area contributed by atoms with Gasteiger partial charge < -0.3 is 5.11 Å². The fraction of sp³-hybridized carbons (Fsp3) is 0.667. The fourth-order valence-electron chi connectivity index (χ4n) is 4.27. The zero-order chi connectivity index (χ0) is 15.0. The Hall–Kier alpha value is -0.860. The summed E-state index contributed by atoms with van der Waals surface area (Å²) in [6, 6.07) is 10.0. The molecule has 1 aliphatic heterocycles. The molecule has 0 radical (unpaired) electrons. The largest absolute Gasteiger partial charge is 0.387 e. The molecule has 1 fully saturated rings. The SMILES string of the molecule is CC1CC(C)(C)N(CC(O)c2ccccc2)C(C)(C)C1. The summed E-state index contributed by atoms with van der Waals surface area (Å²) in [7, 11) is 0. The summed E-state index contributed by atoms with van der Waals surface area (Å²) in [4.78, 5) is 2.50. The lowest BCUT2D eigenvalue weighted by Gasteiger charge is -2.55. The zero-order valence-corrected chi connectivity index (χ0v) is 13.6. The molecule has 1 saturated heterocycles. The summed E-state index contributed by atoms with van der Waals surface area (Å²) < 4.78 is 0. The van der Waals surface area contributed by atoms with Crippen LogP contribution < -0.4 is 0 Å². The molecule has 1 aromatic carbocycles. The summed E-state index contributed by atoms with van der Waals surface area (Å²) in [6.45, 7) is 12.3. The smallest absolute Gasteiger partial charge is 0.0917 e. The minimum absolute atomic E-state index is 0.136. The van der Waals surface area contributed by atoms with Gasteiger partial charge in [0.15, 0.2) is 0 Å². The number of β-amino-alcohol motifs (C(OH)–C–C–N with tert-alkyl or cyclic N) is 1. The van der Waals surface area contributed by atoms with Crippen molar-refractivity contribution in [2.45, 2.75) is 64.6 Å². The summed E-state index contributed by atoms with van der Waals surface area (Å²) in [5.41, 5.74) is 1.28. The van der Waals surface area contributed by atoms with Crippen molar-refractivity contribution in [2.75, 3.05) is 6.54 Å². The fourth-order valence-corrected chi connectivity index (χ4v) is 4.27. The molecule has 0 saturated carbocycles. The lowest BCUT2D eigenvalue weighted by Crippen LogP contribution is -2.61. The van der Waals surface area contributed by atoms with E-state index < -0.39 is 6.10 Å². The van der Waals surface area contributed by atoms with Gasteiger partial charge in [-0.2, -0.15) is 0 Å². The van der Waals surface area contributed by atoms with Crippen LogP contribution in [0.15, 0.2) is 30.3 Å². The van der Waals surface area contributed by atoms with Crippen LogP contribution in [-0.4, -0.2) is 27.6 Å². The summed E-state index contributed by atoms with van der Waals surface area (Å²) >= 11 is 0. The number of aliphatic hydroxyl groups is 1. The second kappa shape index (κ2) is 5.50. The molecule has 2 heteroatoms. The number of rotatable bonds is 3. The van der Waals surface area contributed by atoms with Gasteiger partial charge in [0.25, 0.3) is 0 Å². The monoisotopic (exact) mass is 275 g/mol. The van der Waals surface area contributed by atoms with Crippen LogP contribution in [0.2, 0.25) is 0 Å². The Morgan fingerprint density at radius 1 is 1.10 bits per heavy atom. The number of likely N-dealkylation sites (tertiary alicyclic amines) is 1. The van der Waals surface area contributed by atoms with E-state index in [1.165, 1.54) is 12.8 Å². The van der Waals surface area contributed by atoms with E-state index in [1.807, 2.05) is 30.3 Å². The molecule has 0 aromatic heterocycles. The molecule has 1 aliphatic rings. The average Bonchev–Trinajstić information content (AvgIpc) is 2.33. The van der Waals surface area contributed by atoms with Crippen LogP contribution in [-0.2, 0) is 0 Å². The van der Waals surface area contributed by atoms with E-state index in [1.54, 1.807) is 0 Å². The molecule has 1 N–H and O–H groups in total. The molecule has 0 aliphatic carbocycles. The topological polar surface area (TPSA) is 23.5 Å². The Kier molecular flexibility index (Phi) is 4.27. The molecule has 1 atom stereocenters. The highest BCUT2D eigenvalue weighted by atomic mass is 16.3. The van der Waals surface area contributed by atoms with Crippen LogP contribution in [0.25, 0.3) is 0 Å². The van der Waals surface area contributed by atoms with Gasteiger partial charge in [0.1, 0.15) is 0 Å². The van der Waals surface area contributed by atoms with E-state index in [4.69, 9.17) is 0 Å². The number of benzene rings is 1. The Balaban J connectivity index is 2.18. The van der Waals surface area contributed by atoms with Gasteiger partial charge in [-0.1, -0.05) is 37.3 Å². The van der Waals surface area contributed by atoms with Crippen LogP contribution in [0.4, 0.5) is 0 Å². The van der Waals surface area contributed by atoms with Crippen LogP contribution in [0.3, 0.4) is 0 Å². The molecular weight excluding hydrogens is 246 g/mol. The average molecular weight is 275 g/mol. The second-order valence-electron chi connectivity index (χ2n) is 7.68. The van der Waals surface area contributed by atoms with Crippen molar-refractivity contribution in [1.29, 1.82) is 0 Å². The lowest BCUT2D eigenvalue weighted by atomic mass is 9.74. The molecule has 1 heterocycles. The summed E-state index contributed by atoms with van der Waals surface area (Å²) in [5, 5.41) is 10.6. The van der Waals surface area contributed by atoms with Crippen molar-refractivity contribution >= 4 is 0 Å². The van der Waals surface area contributed by atoms with Gasteiger partial charge in [-0.05, 0) is 52.0 Å². The zero-order valence-electron chi connectivity index (χ0n) is 13.6. The number of hydrogen-bond acceptors (Lipinski definition) is 2. The van der Waals surface area contributed by atoms with E-state index >= 15 is 0 Å². The maximum atomic E-state index is 10.6. The minimum atomic E-state index is -0.414. The van der Waals surface area contributed by atoms with Gasteiger partial charge in [-0.3, -0.25) is 4.90 Å². The highest BCUT2D eigenvalue weighted by molar-refractivity contribution is 5.18. The van der Waals surface area contributed by atoms with Crippen molar-refractivity contribution < 1.29 is 5.11 Å². The molecule has 0 amide bonds. The maximum absolute atomic E-state index is 10.6. The maximum Gasteiger partial charge on any atom is 0.0917 e. The van der Waals surface area contributed by atoms with E-state index in [0.717, 1.165) is 11.5 Å². The Morgan fingerprint density at radius 2 is 1.60 bits per heavy atom. The third kappa shape index (κ3) is 3.24. The Morgan fingerprint density at radius 3 is 2.10 bits per heavy atom. The number of nitrogens with zero attached hydrogens (tertiary/aromatic N) is 1. The highest BCUT2D eigenvalue weighted by Crippen LogP contribution is 2.42. The number of aliphatic hydroxyl groups excluding tert-OH is 1. The molecule has 0 bridgehead atoms. The van der Waals surface area contributed by atoms with Gasteiger partial charge in [0.2, 0.25) is 0 Å². The van der Waals surface area contributed by atoms with Crippen molar-refractivity contribution in [3.05, 3.63) is 35.9 Å². The Bertz CT molecular complexity index is 420. The van der Waals surface area contributed by atoms with Crippen LogP contribution in [0.1, 0.15) is 59.1 Å². The van der Waals surface area contributed by atoms with Crippen LogP contribution in [0.5, 0.6) is 0 Å². The summed E-state index contributed by atoms with van der Waals surface area (Å²) in [6.07, 6.45) is 1.97. The summed E-state index contributed by atoms with van der Waals surface area (Å²) in [5.74, 6) is 0.741. The standard InChI is InChI=1S/C18H29NO/c1-14-11-17(2,3)19(18(4,5)12-14)13-16(20)15-9-7-6-8-10-15/h6-10,14,16,20H,11-13H2,1-5H3. The third-order valence-corrected chi connectivity index (χ3v) is 4.70. The molecule has 2 rings (SSSR count). The number of hydrogen-bond donors (Lipinski definition) is 1. The van der Waals surface area contributed by atoms with Crippen LogP contribution >= 0.6 is 0 Å². The number of piperidine rings is 1. The van der Waals surface area contributed by atoms with E-state index in [0.29, 0.717) is 6.54 Å². The van der Waals surface area contributed by atoms with Crippen LogP contribution in [0, 0.1) is 5.92 Å². The van der Waals surface area contributed by atoms with E-state index in [9.17, 15) is 5.11 Å². The molecule has 112 valence electrons. The van der Waals surface area contributed by atoms with E-state index in [2.05, 4.69) is 39.5 Å². The van der Waals surface area contributed by atoms with Crippen molar-refractivity contribution in [2.24, 2.45) is 5.92 Å². The predicted octanol–water partition coefficient (Wildman–Crippen LogP) is 4.01. The first-order valence-corrected chi connectivity index (χ1v) is 7.73. The molecule has 0 spiro atoms. The molecule has 20 heavy (non-hydrogen) atoms. The first-order valence-electron chi connectivity index (χ1n) is 7.73. The van der Waals surface area contributed by atoms with Gasteiger partial charge in [0.05, 0.1) is 6.10 Å². The predicted molar refractivity (Wildman–Crippen MR) is 84.7 cm³/mol. The second-order valence-corrected chi connectivity index (χ2v) is 7.68. The quantitative estimate of drug-likeness (QED) is 0.901. The molecule has 2 nitrogen and oxygen atoms in total. The van der Waals surface area contributed by atoms with Crippen molar-refractivity contribution in [1.82, 2.24) is 4.90 Å². The molecular formula is C18H29NO. The van der Waals surface area contributed by atoms with Gasteiger partial charge in [0, 0.05) is 17.6 Å². The first kappa shape index (κ1) is 15.5. The van der Waals surface area contributed by atoms with Gasteiger partial charge in [-0.15, -0.1) is 0 Å². The van der Waals surface area contributed by atoms with Crippen molar-refractivity contribution in [3.8, 4) is 0 Å².